The van der Waals surface area contributed by atoms with Crippen LogP contribution >= 0.6 is 35.4 Å². The molecule has 1 N–H and O–H groups in total. The van der Waals surface area contributed by atoms with Crippen LogP contribution < -0.4 is 10.3 Å². The number of ether oxygens (including phenoxy) is 1. The maximum atomic E-state index is 12.9. The number of hydrogen-bond donors (Lipinski definition) is 1. The number of nitrogens with one attached hydrogen (secondary N) is 1. The molecule has 0 amide bonds. The maximum Gasteiger partial charge on any atom is 0.269 e. The first kappa shape index (κ1) is 18.6. The molecule has 3 aromatic rings. The third-order valence-corrected chi connectivity index (χ3v) is 4.38. The predicted octanol–water partition coefficient (Wildman–Crippen LogP) is 4.84. The summed E-state index contributed by atoms with van der Waals surface area (Å²) in [5.74, 6) is -0.0378. The highest BCUT2D eigenvalue weighted by molar-refractivity contribution is 7.71. The maximum absolute atomic E-state index is 12.9. The van der Waals surface area contributed by atoms with E-state index >= 15 is 0 Å². The Balaban J connectivity index is 2.18. The fourth-order valence-electron chi connectivity index (χ4n) is 2.53. The SMILES string of the molecule is CC(C)Oc1cccc(C(=O)n2c(=S)[nH]c3c(Cl)cc(Cl)cc3c2=O)c1. The number of benzene rings is 2. The molecule has 0 fully saturated rings. The van der Waals surface area contributed by atoms with Crippen LogP contribution in [0.3, 0.4) is 0 Å². The smallest absolute Gasteiger partial charge is 0.269 e. The second kappa shape index (κ2) is 7.23. The molecule has 2 aromatic carbocycles. The minimum atomic E-state index is -0.590. The van der Waals surface area contributed by atoms with Gasteiger partial charge in [0, 0.05) is 10.6 Å². The van der Waals surface area contributed by atoms with Gasteiger partial charge in [-0.1, -0.05) is 29.3 Å². The van der Waals surface area contributed by atoms with Gasteiger partial charge in [0.1, 0.15) is 5.75 Å². The summed E-state index contributed by atoms with van der Waals surface area (Å²) in [4.78, 5) is 28.6. The Morgan fingerprint density at radius 2 is 1.96 bits per heavy atom. The van der Waals surface area contributed by atoms with Gasteiger partial charge in [-0.15, -0.1) is 0 Å². The monoisotopic (exact) mass is 408 g/mol. The molecule has 5 nitrogen and oxygen atoms in total. The Hall–Kier alpha value is -2.15. The van der Waals surface area contributed by atoms with Crippen molar-refractivity contribution in [3.63, 3.8) is 0 Å². The van der Waals surface area contributed by atoms with Crippen LogP contribution in [-0.4, -0.2) is 21.6 Å². The van der Waals surface area contributed by atoms with Gasteiger partial charge in [-0.2, -0.15) is 0 Å². The van der Waals surface area contributed by atoms with Crippen molar-refractivity contribution in [3.8, 4) is 5.75 Å². The lowest BCUT2D eigenvalue weighted by molar-refractivity contribution is 0.0953. The highest BCUT2D eigenvalue weighted by Crippen LogP contribution is 2.24. The molecule has 0 atom stereocenters. The van der Waals surface area contributed by atoms with Gasteiger partial charge in [0.25, 0.3) is 11.5 Å². The molecule has 0 saturated carbocycles. The molecule has 1 heterocycles. The Kier molecular flexibility index (Phi) is 5.18. The van der Waals surface area contributed by atoms with E-state index in [0.29, 0.717) is 11.3 Å². The molecule has 3 rings (SSSR count). The summed E-state index contributed by atoms with van der Waals surface area (Å²) in [6, 6.07) is 9.51. The Morgan fingerprint density at radius 3 is 2.65 bits per heavy atom. The number of H-pyrrole nitrogens is 1. The van der Waals surface area contributed by atoms with E-state index in [1.54, 1.807) is 24.3 Å². The van der Waals surface area contributed by atoms with Gasteiger partial charge in [0.15, 0.2) is 4.77 Å². The quantitative estimate of drug-likeness (QED) is 0.629. The molecule has 0 unspecified atom stereocenters. The van der Waals surface area contributed by atoms with Crippen LogP contribution in [-0.2, 0) is 0 Å². The number of carbonyl (C=O) groups is 1. The standard InChI is InChI=1S/C18H14Cl2N2O3S/c1-9(2)25-12-5-3-4-10(6-12)16(23)22-17(24)13-7-11(19)8-14(20)15(13)21-18(22)26/h3-9H,1-2H3,(H,21,26). The number of rotatable bonds is 3. The van der Waals surface area contributed by atoms with Crippen LogP contribution in [0.15, 0.2) is 41.2 Å². The van der Waals surface area contributed by atoms with E-state index < -0.39 is 11.5 Å². The Labute approximate surface area is 164 Å². The van der Waals surface area contributed by atoms with Crippen LogP contribution in [0.1, 0.15) is 24.2 Å². The number of fused-ring (bicyclic) bond motifs is 1. The summed E-state index contributed by atoms with van der Waals surface area (Å²) in [5.41, 5.74) is 0.0255. The molecule has 0 radical (unpaired) electrons. The molecule has 0 bridgehead atoms. The molecule has 0 spiro atoms. The van der Waals surface area contributed by atoms with E-state index in [9.17, 15) is 9.59 Å². The molecule has 8 heteroatoms. The molecular weight excluding hydrogens is 395 g/mol. The third-order valence-electron chi connectivity index (χ3n) is 3.58. The van der Waals surface area contributed by atoms with Crippen LogP contribution in [0.2, 0.25) is 10.0 Å². The number of halogens is 2. The van der Waals surface area contributed by atoms with Crippen molar-refractivity contribution < 1.29 is 9.53 Å². The van der Waals surface area contributed by atoms with Gasteiger partial charge in [-0.25, -0.2) is 4.57 Å². The number of nitrogens with zero attached hydrogens (tertiary/aromatic N) is 1. The molecular formula is C18H14Cl2N2O3S. The van der Waals surface area contributed by atoms with Gasteiger partial charge in [-0.05, 0) is 56.4 Å². The van der Waals surface area contributed by atoms with Crippen LogP contribution in [0.4, 0.5) is 0 Å². The first-order chi connectivity index (χ1) is 12.3. The van der Waals surface area contributed by atoms with Crippen molar-refractivity contribution in [3.05, 3.63) is 67.1 Å². The zero-order chi connectivity index (χ0) is 19.0. The number of aromatic amines is 1. The summed E-state index contributed by atoms with van der Waals surface area (Å²) in [6.07, 6.45) is -0.0455. The Morgan fingerprint density at radius 1 is 1.23 bits per heavy atom. The van der Waals surface area contributed by atoms with E-state index in [-0.39, 0.29) is 31.9 Å². The van der Waals surface area contributed by atoms with E-state index in [1.807, 2.05) is 13.8 Å². The van der Waals surface area contributed by atoms with Crippen molar-refractivity contribution in [2.24, 2.45) is 0 Å². The first-order valence-electron chi connectivity index (χ1n) is 7.73. The average Bonchev–Trinajstić information content (AvgIpc) is 2.55. The van der Waals surface area contributed by atoms with Gasteiger partial charge in [0.2, 0.25) is 0 Å². The van der Waals surface area contributed by atoms with Crippen molar-refractivity contribution in [2.75, 3.05) is 0 Å². The second-order valence-electron chi connectivity index (χ2n) is 5.88. The van der Waals surface area contributed by atoms with Crippen LogP contribution in [0.5, 0.6) is 5.75 Å². The number of aromatic nitrogens is 2. The largest absolute Gasteiger partial charge is 0.491 e. The van der Waals surface area contributed by atoms with E-state index in [2.05, 4.69) is 4.98 Å². The van der Waals surface area contributed by atoms with Gasteiger partial charge >= 0.3 is 0 Å². The summed E-state index contributed by atoms with van der Waals surface area (Å²) >= 11 is 17.3. The van der Waals surface area contributed by atoms with Crippen LogP contribution in [0.25, 0.3) is 10.9 Å². The molecule has 0 saturated heterocycles. The van der Waals surface area contributed by atoms with Gasteiger partial charge < -0.3 is 9.72 Å². The lowest BCUT2D eigenvalue weighted by Gasteiger charge is -2.12. The summed E-state index contributed by atoms with van der Waals surface area (Å²) in [5, 5.41) is 0.720. The first-order valence-corrected chi connectivity index (χ1v) is 8.90. The Bertz CT molecular complexity index is 1140. The van der Waals surface area contributed by atoms with Gasteiger partial charge in [-0.3, -0.25) is 9.59 Å². The topological polar surface area (TPSA) is 64.1 Å². The fourth-order valence-corrected chi connectivity index (χ4v) is 3.34. The predicted molar refractivity (Wildman–Crippen MR) is 105 cm³/mol. The molecule has 0 aliphatic heterocycles. The summed E-state index contributed by atoms with van der Waals surface area (Å²) in [7, 11) is 0. The number of carbonyl (C=O) groups excluding carboxylic acids is 1. The average molecular weight is 409 g/mol. The highest BCUT2D eigenvalue weighted by atomic mass is 35.5. The molecule has 26 heavy (non-hydrogen) atoms. The minimum Gasteiger partial charge on any atom is -0.491 e. The van der Waals surface area contributed by atoms with E-state index in [4.69, 9.17) is 40.2 Å². The fraction of sp³-hybridized carbons (Fsp3) is 0.167. The molecule has 0 aliphatic carbocycles. The summed E-state index contributed by atoms with van der Waals surface area (Å²) < 4.78 is 6.43. The van der Waals surface area contributed by atoms with Crippen molar-refractivity contribution >= 4 is 52.2 Å². The minimum absolute atomic E-state index is 0.0455. The normalized spacial score (nSPS) is 11.1. The van der Waals surface area contributed by atoms with E-state index in [1.165, 1.54) is 12.1 Å². The van der Waals surface area contributed by atoms with Gasteiger partial charge in [0.05, 0.1) is 22.0 Å². The number of hydrogen-bond acceptors (Lipinski definition) is 4. The van der Waals surface area contributed by atoms with Crippen molar-refractivity contribution in [1.29, 1.82) is 0 Å². The van der Waals surface area contributed by atoms with Crippen molar-refractivity contribution in [1.82, 2.24) is 9.55 Å². The lowest BCUT2D eigenvalue weighted by Crippen LogP contribution is -2.29. The van der Waals surface area contributed by atoms with Crippen LogP contribution in [0, 0.1) is 4.77 Å². The molecule has 134 valence electrons. The third kappa shape index (κ3) is 3.53. The van der Waals surface area contributed by atoms with E-state index in [0.717, 1.165) is 4.57 Å². The van der Waals surface area contributed by atoms with Crippen molar-refractivity contribution in [2.45, 2.75) is 20.0 Å². The second-order valence-corrected chi connectivity index (χ2v) is 7.11. The molecule has 1 aromatic heterocycles. The zero-order valence-electron chi connectivity index (χ0n) is 13.9. The lowest BCUT2D eigenvalue weighted by atomic mass is 10.2. The highest BCUT2D eigenvalue weighted by Gasteiger charge is 2.17. The summed E-state index contributed by atoms with van der Waals surface area (Å²) in [6.45, 7) is 3.76. The zero-order valence-corrected chi connectivity index (χ0v) is 16.2. The molecule has 0 aliphatic rings.